The summed E-state index contributed by atoms with van der Waals surface area (Å²) < 4.78 is 38.6. The molecule has 0 bridgehead atoms. The van der Waals surface area contributed by atoms with Gasteiger partial charge in [-0.15, -0.1) is 0 Å². The highest BCUT2D eigenvalue weighted by atomic mass is 19.4. The minimum absolute atomic E-state index is 0.00487. The van der Waals surface area contributed by atoms with E-state index in [-0.39, 0.29) is 24.1 Å². The Bertz CT molecular complexity index is 596. The third kappa shape index (κ3) is 4.87. The van der Waals surface area contributed by atoms with Crippen LogP contribution in [-0.4, -0.2) is 23.1 Å². The average molecular weight is 344 g/mol. The van der Waals surface area contributed by atoms with Crippen molar-refractivity contribution >= 4 is 12.0 Å². The number of amides is 2. The van der Waals surface area contributed by atoms with E-state index >= 15 is 0 Å². The summed E-state index contributed by atoms with van der Waals surface area (Å²) in [6, 6.07) is 4.37. The van der Waals surface area contributed by atoms with E-state index in [0.29, 0.717) is 25.7 Å². The van der Waals surface area contributed by atoms with Gasteiger partial charge in [-0.2, -0.15) is 13.2 Å². The van der Waals surface area contributed by atoms with Gasteiger partial charge in [0.05, 0.1) is 11.5 Å². The van der Waals surface area contributed by atoms with Crippen molar-refractivity contribution in [3.05, 3.63) is 35.4 Å². The number of carboxylic acid groups (broad SMARTS) is 1. The van der Waals surface area contributed by atoms with Crippen LogP contribution in [0.1, 0.15) is 36.8 Å². The second-order valence-corrected chi connectivity index (χ2v) is 5.87. The summed E-state index contributed by atoms with van der Waals surface area (Å²) in [5, 5.41) is 14.0. The molecule has 3 N–H and O–H groups in total. The molecule has 0 radical (unpaired) electrons. The van der Waals surface area contributed by atoms with Crippen LogP contribution in [0.15, 0.2) is 24.3 Å². The van der Waals surface area contributed by atoms with E-state index in [2.05, 4.69) is 10.6 Å². The number of carbonyl (C=O) groups excluding carboxylic acids is 1. The minimum atomic E-state index is -4.47. The molecule has 0 aliphatic heterocycles. The molecule has 2 amide bonds. The van der Waals surface area contributed by atoms with Gasteiger partial charge in [0.1, 0.15) is 0 Å². The van der Waals surface area contributed by atoms with Crippen LogP contribution in [0.2, 0.25) is 0 Å². The first kappa shape index (κ1) is 18.1. The zero-order chi connectivity index (χ0) is 17.7. The summed E-state index contributed by atoms with van der Waals surface area (Å²) in [6.45, 7) is -0.230. The van der Waals surface area contributed by atoms with Gasteiger partial charge < -0.3 is 15.7 Å². The maximum Gasteiger partial charge on any atom is 0.416 e. The van der Waals surface area contributed by atoms with E-state index in [1.54, 1.807) is 0 Å². The first-order chi connectivity index (χ1) is 11.3. The van der Waals surface area contributed by atoms with E-state index in [4.69, 9.17) is 5.11 Å². The quantitative estimate of drug-likeness (QED) is 0.785. The lowest BCUT2D eigenvalue weighted by Gasteiger charge is -2.26. The summed E-state index contributed by atoms with van der Waals surface area (Å²) in [7, 11) is 0. The van der Waals surface area contributed by atoms with Gasteiger partial charge in [0.2, 0.25) is 0 Å². The van der Waals surface area contributed by atoms with Crippen molar-refractivity contribution in [2.75, 3.05) is 0 Å². The number of alkyl halides is 3. The van der Waals surface area contributed by atoms with Gasteiger partial charge in [-0.1, -0.05) is 18.2 Å². The molecular weight excluding hydrogens is 325 g/mol. The minimum Gasteiger partial charge on any atom is -0.481 e. The number of carbonyl (C=O) groups is 2. The maximum atomic E-state index is 12.9. The molecule has 5 nitrogen and oxygen atoms in total. The van der Waals surface area contributed by atoms with E-state index in [9.17, 15) is 22.8 Å². The van der Waals surface area contributed by atoms with Crippen LogP contribution in [0.5, 0.6) is 0 Å². The lowest BCUT2D eigenvalue weighted by atomic mass is 9.86. The monoisotopic (exact) mass is 344 g/mol. The number of benzene rings is 1. The van der Waals surface area contributed by atoms with Gasteiger partial charge in [0.25, 0.3) is 0 Å². The van der Waals surface area contributed by atoms with Crippen LogP contribution < -0.4 is 10.6 Å². The zero-order valence-electron chi connectivity index (χ0n) is 12.9. The van der Waals surface area contributed by atoms with Crippen LogP contribution in [0, 0.1) is 5.92 Å². The molecule has 1 aliphatic carbocycles. The molecule has 1 aromatic carbocycles. The van der Waals surface area contributed by atoms with Crippen molar-refractivity contribution in [2.24, 2.45) is 5.92 Å². The van der Waals surface area contributed by atoms with Crippen LogP contribution in [0.25, 0.3) is 0 Å². The van der Waals surface area contributed by atoms with Crippen LogP contribution in [0.3, 0.4) is 0 Å². The van der Waals surface area contributed by atoms with Crippen molar-refractivity contribution in [2.45, 2.75) is 44.4 Å². The smallest absolute Gasteiger partial charge is 0.416 e. The molecule has 0 atom stereocenters. The summed E-state index contributed by atoms with van der Waals surface area (Å²) in [4.78, 5) is 22.7. The molecule has 1 aromatic rings. The number of aliphatic carboxylic acids is 1. The number of urea groups is 1. The van der Waals surface area contributed by atoms with E-state index in [0.717, 1.165) is 6.07 Å². The first-order valence-electron chi connectivity index (χ1n) is 7.69. The Morgan fingerprint density at radius 3 is 2.33 bits per heavy atom. The van der Waals surface area contributed by atoms with Gasteiger partial charge in [-0.3, -0.25) is 4.79 Å². The van der Waals surface area contributed by atoms with E-state index < -0.39 is 23.7 Å². The molecule has 0 heterocycles. The maximum absolute atomic E-state index is 12.9. The largest absolute Gasteiger partial charge is 0.481 e. The number of carboxylic acids is 1. The Morgan fingerprint density at radius 2 is 1.75 bits per heavy atom. The second kappa shape index (κ2) is 7.55. The van der Waals surface area contributed by atoms with Crippen molar-refractivity contribution < 1.29 is 27.9 Å². The lowest BCUT2D eigenvalue weighted by Crippen LogP contribution is -2.44. The van der Waals surface area contributed by atoms with Gasteiger partial charge in [-0.25, -0.2) is 4.79 Å². The molecule has 2 rings (SSSR count). The third-order valence-corrected chi connectivity index (χ3v) is 4.17. The van der Waals surface area contributed by atoms with Crippen LogP contribution in [0.4, 0.5) is 18.0 Å². The fourth-order valence-corrected chi connectivity index (χ4v) is 2.85. The molecule has 0 aromatic heterocycles. The normalized spacial score (nSPS) is 21.1. The number of rotatable bonds is 4. The van der Waals surface area contributed by atoms with E-state index in [1.807, 2.05) is 0 Å². The van der Waals surface area contributed by atoms with Crippen molar-refractivity contribution in [1.82, 2.24) is 10.6 Å². The standard InChI is InChI=1S/C16H19F3N2O3/c17-16(18,19)13-4-2-1-3-11(13)9-20-15(24)21-12-7-5-10(6-8-12)14(22)23/h1-4,10,12H,5-9H2,(H,22,23)(H2,20,21,24). The predicted octanol–water partition coefficient (Wildman–Crippen LogP) is 3.15. The molecule has 0 saturated heterocycles. The predicted molar refractivity (Wildman–Crippen MR) is 80.2 cm³/mol. The van der Waals surface area contributed by atoms with Crippen LogP contribution >= 0.6 is 0 Å². The molecule has 8 heteroatoms. The molecule has 0 unspecified atom stereocenters. The Hall–Kier alpha value is -2.25. The lowest BCUT2D eigenvalue weighted by molar-refractivity contribution is -0.143. The van der Waals surface area contributed by atoms with Crippen molar-refractivity contribution in [3.63, 3.8) is 0 Å². The Labute approximate surface area is 137 Å². The Kier molecular flexibility index (Phi) is 5.69. The van der Waals surface area contributed by atoms with Crippen molar-refractivity contribution in [3.8, 4) is 0 Å². The second-order valence-electron chi connectivity index (χ2n) is 5.87. The topological polar surface area (TPSA) is 78.4 Å². The molecule has 0 spiro atoms. The molecular formula is C16H19F3N2O3. The fraction of sp³-hybridized carbons (Fsp3) is 0.500. The number of halogens is 3. The van der Waals surface area contributed by atoms with Gasteiger partial charge in [0, 0.05) is 12.6 Å². The Morgan fingerprint density at radius 1 is 1.12 bits per heavy atom. The van der Waals surface area contributed by atoms with Gasteiger partial charge in [-0.05, 0) is 37.3 Å². The molecule has 1 saturated carbocycles. The highest BCUT2D eigenvalue weighted by molar-refractivity contribution is 5.74. The summed E-state index contributed by atoms with van der Waals surface area (Å²) in [5.41, 5.74) is -0.776. The summed E-state index contributed by atoms with van der Waals surface area (Å²) >= 11 is 0. The molecule has 132 valence electrons. The molecule has 1 fully saturated rings. The average Bonchev–Trinajstić information content (AvgIpc) is 2.53. The summed E-state index contributed by atoms with van der Waals surface area (Å²) in [5.74, 6) is -1.22. The SMILES string of the molecule is O=C(NCc1ccccc1C(F)(F)F)NC1CCC(C(=O)O)CC1. The van der Waals surface area contributed by atoms with Crippen molar-refractivity contribution in [1.29, 1.82) is 0 Å². The van der Waals surface area contributed by atoms with Gasteiger partial charge in [0.15, 0.2) is 0 Å². The highest BCUT2D eigenvalue weighted by Gasteiger charge is 2.33. The number of hydrogen-bond acceptors (Lipinski definition) is 2. The summed E-state index contributed by atoms with van der Waals surface area (Å²) in [6.07, 6.45) is -2.41. The third-order valence-electron chi connectivity index (χ3n) is 4.17. The van der Waals surface area contributed by atoms with E-state index in [1.165, 1.54) is 18.2 Å². The molecule has 1 aliphatic rings. The molecule has 24 heavy (non-hydrogen) atoms. The number of hydrogen-bond donors (Lipinski definition) is 3. The highest BCUT2D eigenvalue weighted by Crippen LogP contribution is 2.31. The fourth-order valence-electron chi connectivity index (χ4n) is 2.85. The Balaban J connectivity index is 1.83. The van der Waals surface area contributed by atoms with Gasteiger partial charge >= 0.3 is 18.2 Å². The van der Waals surface area contributed by atoms with Crippen LogP contribution in [-0.2, 0) is 17.5 Å². The number of nitrogens with one attached hydrogen (secondary N) is 2. The zero-order valence-corrected chi connectivity index (χ0v) is 12.9. The first-order valence-corrected chi connectivity index (χ1v) is 7.69.